The monoisotopic (exact) mass is 207 g/mol. The topological polar surface area (TPSA) is 35.2 Å². The molecular weight excluding hydrogens is 186 g/mol. The van der Waals surface area contributed by atoms with Crippen LogP contribution in [0.3, 0.4) is 0 Å². The van der Waals surface area contributed by atoms with Gasteiger partial charge in [0.15, 0.2) is 0 Å². The minimum atomic E-state index is 0.205. The molecule has 0 saturated carbocycles. The van der Waals surface area contributed by atoms with Gasteiger partial charge in [-0.15, -0.1) is 0 Å². The average Bonchev–Trinajstić information content (AvgIpc) is 2.08. The van der Waals surface area contributed by atoms with Gasteiger partial charge in [-0.25, -0.2) is 0 Å². The Kier molecular flexibility index (Phi) is 4.15. The molecule has 0 aromatic heterocycles. The van der Waals surface area contributed by atoms with Crippen molar-refractivity contribution in [3.8, 4) is 5.75 Å². The first-order chi connectivity index (χ1) is 7.00. The highest BCUT2D eigenvalue weighted by Gasteiger charge is 2.05. The van der Waals surface area contributed by atoms with Crippen molar-refractivity contribution in [1.82, 2.24) is 0 Å². The smallest absolute Gasteiger partial charge is 0.125 e. The summed E-state index contributed by atoms with van der Waals surface area (Å²) in [7, 11) is 0. The fraction of sp³-hybridized carbons (Fsp3) is 0.538. The van der Waals surface area contributed by atoms with Gasteiger partial charge in [-0.2, -0.15) is 0 Å². The van der Waals surface area contributed by atoms with Crippen LogP contribution in [0.2, 0.25) is 0 Å². The standard InChI is InChI=1S/C13H21NO/c1-9-7-10(2)13(11(3)8-9)15-6-5-12(4)14/h7-8,12H,5-6,14H2,1-4H3. The minimum Gasteiger partial charge on any atom is -0.493 e. The van der Waals surface area contributed by atoms with Gasteiger partial charge in [-0.1, -0.05) is 17.7 Å². The lowest BCUT2D eigenvalue weighted by molar-refractivity contribution is 0.297. The van der Waals surface area contributed by atoms with E-state index >= 15 is 0 Å². The fourth-order valence-corrected chi connectivity index (χ4v) is 1.74. The van der Waals surface area contributed by atoms with Crippen LogP contribution in [-0.4, -0.2) is 12.6 Å². The van der Waals surface area contributed by atoms with Crippen molar-refractivity contribution < 1.29 is 4.74 Å². The summed E-state index contributed by atoms with van der Waals surface area (Å²) in [6.07, 6.45) is 0.896. The highest BCUT2D eigenvalue weighted by atomic mass is 16.5. The Balaban J connectivity index is 2.68. The van der Waals surface area contributed by atoms with Crippen LogP contribution in [-0.2, 0) is 0 Å². The predicted octanol–water partition coefficient (Wildman–Crippen LogP) is 2.73. The molecule has 84 valence electrons. The van der Waals surface area contributed by atoms with Crippen LogP contribution in [0.5, 0.6) is 5.75 Å². The van der Waals surface area contributed by atoms with Gasteiger partial charge in [0.25, 0.3) is 0 Å². The summed E-state index contributed by atoms with van der Waals surface area (Å²) < 4.78 is 5.75. The van der Waals surface area contributed by atoms with Crippen LogP contribution < -0.4 is 10.5 Å². The molecule has 0 aliphatic heterocycles. The third-order valence-corrected chi connectivity index (χ3v) is 2.42. The molecule has 0 heterocycles. The molecule has 0 radical (unpaired) electrons. The second-order valence-corrected chi connectivity index (χ2v) is 4.34. The van der Waals surface area contributed by atoms with E-state index in [-0.39, 0.29) is 6.04 Å². The molecular formula is C13H21NO. The molecule has 2 N–H and O–H groups in total. The van der Waals surface area contributed by atoms with Gasteiger partial charge < -0.3 is 10.5 Å². The third kappa shape index (κ3) is 3.56. The SMILES string of the molecule is Cc1cc(C)c(OCCC(C)N)c(C)c1. The fourth-order valence-electron chi connectivity index (χ4n) is 1.74. The lowest BCUT2D eigenvalue weighted by Gasteiger charge is -2.13. The Morgan fingerprint density at radius 2 is 1.73 bits per heavy atom. The number of ether oxygens (including phenoxy) is 1. The van der Waals surface area contributed by atoms with E-state index < -0.39 is 0 Å². The summed E-state index contributed by atoms with van der Waals surface area (Å²) in [5.74, 6) is 1.02. The van der Waals surface area contributed by atoms with Gasteiger partial charge in [-0.3, -0.25) is 0 Å². The molecule has 1 atom stereocenters. The Bertz CT molecular complexity index is 308. The number of nitrogens with two attached hydrogens (primary N) is 1. The molecule has 0 bridgehead atoms. The zero-order valence-electron chi connectivity index (χ0n) is 10.1. The van der Waals surface area contributed by atoms with Gasteiger partial charge in [-0.05, 0) is 45.2 Å². The first kappa shape index (κ1) is 12.1. The van der Waals surface area contributed by atoms with Gasteiger partial charge in [0, 0.05) is 6.04 Å². The zero-order valence-corrected chi connectivity index (χ0v) is 10.1. The summed E-state index contributed by atoms with van der Waals surface area (Å²) in [4.78, 5) is 0. The summed E-state index contributed by atoms with van der Waals surface area (Å²) in [5.41, 5.74) is 9.37. The van der Waals surface area contributed by atoms with Crippen LogP contribution in [0.25, 0.3) is 0 Å². The Morgan fingerprint density at radius 3 is 2.20 bits per heavy atom. The third-order valence-electron chi connectivity index (χ3n) is 2.42. The second-order valence-electron chi connectivity index (χ2n) is 4.34. The Hall–Kier alpha value is -1.02. The van der Waals surface area contributed by atoms with Crippen LogP contribution >= 0.6 is 0 Å². The highest BCUT2D eigenvalue weighted by molar-refractivity contribution is 5.42. The first-order valence-electron chi connectivity index (χ1n) is 5.47. The molecule has 2 heteroatoms. The molecule has 0 amide bonds. The molecule has 0 aliphatic rings. The van der Waals surface area contributed by atoms with E-state index in [9.17, 15) is 0 Å². The van der Waals surface area contributed by atoms with E-state index in [1.807, 2.05) is 6.92 Å². The van der Waals surface area contributed by atoms with Gasteiger partial charge >= 0.3 is 0 Å². The van der Waals surface area contributed by atoms with E-state index in [1.165, 1.54) is 16.7 Å². The van der Waals surface area contributed by atoms with Crippen molar-refractivity contribution in [1.29, 1.82) is 0 Å². The minimum absolute atomic E-state index is 0.205. The predicted molar refractivity (Wildman–Crippen MR) is 64.4 cm³/mol. The second kappa shape index (κ2) is 5.17. The molecule has 0 fully saturated rings. The number of hydrogen-bond acceptors (Lipinski definition) is 2. The summed E-state index contributed by atoms with van der Waals surface area (Å²) in [6.45, 7) is 8.97. The number of benzene rings is 1. The molecule has 1 aromatic carbocycles. The van der Waals surface area contributed by atoms with Crippen LogP contribution in [0.15, 0.2) is 12.1 Å². The van der Waals surface area contributed by atoms with Crippen LogP contribution in [0.4, 0.5) is 0 Å². The van der Waals surface area contributed by atoms with Crippen molar-refractivity contribution >= 4 is 0 Å². The van der Waals surface area contributed by atoms with E-state index in [0.29, 0.717) is 6.61 Å². The zero-order chi connectivity index (χ0) is 11.4. The molecule has 1 aromatic rings. The first-order valence-corrected chi connectivity index (χ1v) is 5.47. The van der Waals surface area contributed by atoms with E-state index in [4.69, 9.17) is 10.5 Å². The molecule has 0 spiro atoms. The van der Waals surface area contributed by atoms with Gasteiger partial charge in [0.2, 0.25) is 0 Å². The van der Waals surface area contributed by atoms with Gasteiger partial charge in [0.1, 0.15) is 5.75 Å². The van der Waals surface area contributed by atoms with Crippen molar-refractivity contribution in [2.24, 2.45) is 5.73 Å². The van der Waals surface area contributed by atoms with Crippen molar-refractivity contribution in [2.45, 2.75) is 40.2 Å². The van der Waals surface area contributed by atoms with E-state index in [1.54, 1.807) is 0 Å². The summed E-state index contributed by atoms with van der Waals surface area (Å²) in [6, 6.07) is 4.50. The summed E-state index contributed by atoms with van der Waals surface area (Å²) in [5, 5.41) is 0. The summed E-state index contributed by atoms with van der Waals surface area (Å²) >= 11 is 0. The highest BCUT2D eigenvalue weighted by Crippen LogP contribution is 2.24. The molecule has 1 rings (SSSR count). The van der Waals surface area contributed by atoms with Gasteiger partial charge in [0.05, 0.1) is 6.61 Å². The maximum absolute atomic E-state index is 5.75. The molecule has 15 heavy (non-hydrogen) atoms. The number of hydrogen-bond donors (Lipinski definition) is 1. The van der Waals surface area contributed by atoms with E-state index in [2.05, 4.69) is 32.9 Å². The maximum Gasteiger partial charge on any atom is 0.125 e. The largest absolute Gasteiger partial charge is 0.493 e. The molecule has 0 aliphatic carbocycles. The lowest BCUT2D eigenvalue weighted by Crippen LogP contribution is -2.18. The van der Waals surface area contributed by atoms with Crippen molar-refractivity contribution in [2.75, 3.05) is 6.61 Å². The average molecular weight is 207 g/mol. The quantitative estimate of drug-likeness (QED) is 0.824. The normalized spacial score (nSPS) is 12.6. The Labute approximate surface area is 92.4 Å². The Morgan fingerprint density at radius 1 is 1.20 bits per heavy atom. The number of rotatable bonds is 4. The lowest BCUT2D eigenvalue weighted by atomic mass is 10.1. The van der Waals surface area contributed by atoms with Crippen LogP contribution in [0.1, 0.15) is 30.0 Å². The van der Waals surface area contributed by atoms with E-state index in [0.717, 1.165) is 12.2 Å². The molecule has 2 nitrogen and oxygen atoms in total. The number of aryl methyl sites for hydroxylation is 3. The van der Waals surface area contributed by atoms with Crippen molar-refractivity contribution in [3.63, 3.8) is 0 Å². The molecule has 1 unspecified atom stereocenters. The van der Waals surface area contributed by atoms with Crippen molar-refractivity contribution in [3.05, 3.63) is 28.8 Å². The maximum atomic E-state index is 5.75. The van der Waals surface area contributed by atoms with Crippen LogP contribution in [0, 0.1) is 20.8 Å². The molecule has 0 saturated heterocycles.